The Hall–Kier alpha value is -1.95. The fourth-order valence-electron chi connectivity index (χ4n) is 4.22. The van der Waals surface area contributed by atoms with Crippen LogP contribution in [0.2, 0.25) is 0 Å². The third kappa shape index (κ3) is 2.16. The summed E-state index contributed by atoms with van der Waals surface area (Å²) in [6.45, 7) is 3.41. The van der Waals surface area contributed by atoms with Crippen LogP contribution in [0.25, 0.3) is 5.57 Å². The lowest BCUT2D eigenvalue weighted by molar-refractivity contribution is -0.363. The molecule has 2 aliphatic heterocycles. The van der Waals surface area contributed by atoms with Gasteiger partial charge in [-0.2, -0.15) is 0 Å². The number of nitrogens with zero attached hydrogens (tertiary/aromatic N) is 2. The number of hydrogen-bond acceptors (Lipinski definition) is 0. The Labute approximate surface area is 154 Å². The van der Waals surface area contributed by atoms with Crippen molar-refractivity contribution in [1.29, 1.82) is 0 Å². The Morgan fingerprint density at radius 2 is 1.80 bits per heavy atom. The van der Waals surface area contributed by atoms with Crippen LogP contribution in [0.15, 0.2) is 52.2 Å². The van der Waals surface area contributed by atoms with Crippen molar-refractivity contribution in [2.45, 2.75) is 27.7 Å². The molecule has 3 heterocycles. The number of halogens is 3. The van der Waals surface area contributed by atoms with E-state index in [2.05, 4.69) is 15.9 Å². The van der Waals surface area contributed by atoms with Gasteiger partial charge >= 0.3 is 6.97 Å². The van der Waals surface area contributed by atoms with E-state index in [0.29, 0.717) is 22.8 Å². The summed E-state index contributed by atoms with van der Waals surface area (Å²) in [6.07, 6.45) is 1.85. The molecule has 25 heavy (non-hydrogen) atoms. The first-order valence-electron chi connectivity index (χ1n) is 8.26. The van der Waals surface area contributed by atoms with E-state index >= 15 is 8.63 Å². The Balaban J connectivity index is 2.19. The van der Waals surface area contributed by atoms with Gasteiger partial charge in [0.2, 0.25) is 0 Å². The lowest BCUT2D eigenvalue weighted by Gasteiger charge is -2.34. The summed E-state index contributed by atoms with van der Waals surface area (Å²) < 4.78 is 34.3. The topological polar surface area (TPSA) is 7.94 Å². The second kappa shape index (κ2) is 5.27. The predicted octanol–water partition coefficient (Wildman–Crippen LogP) is 5.30. The van der Waals surface area contributed by atoms with Gasteiger partial charge in [-0.15, -0.1) is 0 Å². The molecule has 0 aliphatic carbocycles. The molecule has 6 heteroatoms. The zero-order chi connectivity index (χ0) is 18.1. The Morgan fingerprint density at radius 3 is 2.48 bits per heavy atom. The molecule has 2 aromatic rings. The monoisotopic (exact) mass is 402 g/mol. The molecule has 1 aromatic carbocycles. The fourth-order valence-corrected chi connectivity index (χ4v) is 4.62. The molecule has 0 atom stereocenters. The average molecular weight is 403 g/mol. The second-order valence-corrected chi connectivity index (χ2v) is 7.76. The van der Waals surface area contributed by atoms with Crippen LogP contribution in [-0.4, -0.2) is 21.6 Å². The highest BCUT2D eigenvalue weighted by atomic mass is 79.9. The van der Waals surface area contributed by atoms with Gasteiger partial charge in [-0.3, -0.25) is 0 Å². The quantitative estimate of drug-likeness (QED) is 0.572. The van der Waals surface area contributed by atoms with Crippen molar-refractivity contribution in [3.63, 3.8) is 0 Å². The zero-order valence-corrected chi connectivity index (χ0v) is 16.2. The first-order valence-corrected chi connectivity index (χ1v) is 9.06. The van der Waals surface area contributed by atoms with Gasteiger partial charge in [0.05, 0.1) is 5.57 Å². The number of allylic oxidation sites excluding steroid dienone is 2. The standard InChI is InChI=1S/C19H18BBrF2N2/c1-11-8-13(3)24-18(11)17(15-6-5-7-16(21)10-15)19-12(2)9-14(4)25(19)20(24,22)23/h5-10H,1-4H3. The molecule has 2 aliphatic rings. The van der Waals surface area contributed by atoms with Crippen molar-refractivity contribution >= 4 is 34.2 Å². The van der Waals surface area contributed by atoms with Crippen molar-refractivity contribution < 1.29 is 13.1 Å². The van der Waals surface area contributed by atoms with Gasteiger partial charge < -0.3 is 17.6 Å². The summed E-state index contributed by atoms with van der Waals surface area (Å²) in [6, 6.07) is 9.70. The highest BCUT2D eigenvalue weighted by Crippen LogP contribution is 2.44. The van der Waals surface area contributed by atoms with Crippen LogP contribution < -0.4 is 0 Å². The van der Waals surface area contributed by atoms with Crippen LogP contribution in [0.1, 0.15) is 36.4 Å². The number of fused-ring (bicyclic) bond motifs is 2. The van der Waals surface area contributed by atoms with Gasteiger partial charge in [0.25, 0.3) is 0 Å². The third-order valence-electron chi connectivity index (χ3n) is 5.05. The number of benzene rings is 1. The second-order valence-electron chi connectivity index (χ2n) is 6.85. The average Bonchev–Trinajstić information content (AvgIpc) is 2.97. The predicted molar refractivity (Wildman–Crippen MR) is 102 cm³/mol. The van der Waals surface area contributed by atoms with Gasteiger partial charge in [0.1, 0.15) is 5.71 Å². The van der Waals surface area contributed by atoms with E-state index in [1.54, 1.807) is 13.8 Å². The van der Waals surface area contributed by atoms with Crippen LogP contribution in [0.5, 0.6) is 0 Å². The van der Waals surface area contributed by atoms with Crippen molar-refractivity contribution in [3.8, 4) is 0 Å². The molecule has 0 N–H and O–H groups in total. The highest BCUT2D eigenvalue weighted by molar-refractivity contribution is 9.10. The van der Waals surface area contributed by atoms with E-state index in [4.69, 9.17) is 0 Å². The Morgan fingerprint density at radius 1 is 1.08 bits per heavy atom. The summed E-state index contributed by atoms with van der Waals surface area (Å²) in [7, 11) is 0. The van der Waals surface area contributed by atoms with Gasteiger partial charge in [-0.1, -0.05) is 28.1 Å². The van der Waals surface area contributed by atoms with Crippen molar-refractivity contribution in [1.82, 2.24) is 4.48 Å². The molecule has 0 saturated heterocycles. The number of aryl methyl sites for hydroxylation is 2. The van der Waals surface area contributed by atoms with E-state index in [1.807, 2.05) is 50.3 Å². The maximum Gasteiger partial charge on any atom is 0.737 e. The molecular weight excluding hydrogens is 385 g/mol. The molecule has 2 nitrogen and oxygen atoms in total. The lowest BCUT2D eigenvalue weighted by Crippen LogP contribution is -2.51. The molecular formula is C19H18BBrF2N2. The highest BCUT2D eigenvalue weighted by Gasteiger charge is 2.55. The van der Waals surface area contributed by atoms with Gasteiger partial charge in [0.15, 0.2) is 5.70 Å². The number of hydrogen-bond donors (Lipinski definition) is 0. The van der Waals surface area contributed by atoms with E-state index < -0.39 is 6.97 Å². The lowest BCUT2D eigenvalue weighted by atomic mass is 9.84. The summed E-state index contributed by atoms with van der Waals surface area (Å²) in [5.74, 6) is 0. The number of rotatable bonds is 1. The van der Waals surface area contributed by atoms with Gasteiger partial charge in [-0.05, 0) is 55.8 Å². The summed E-state index contributed by atoms with van der Waals surface area (Å²) in [4.78, 5) is 0. The molecule has 0 fully saturated rings. The minimum absolute atomic E-state index is 0.585. The Kier molecular flexibility index (Phi) is 3.49. The van der Waals surface area contributed by atoms with E-state index in [0.717, 1.165) is 26.7 Å². The normalized spacial score (nSPS) is 18.4. The maximum absolute atomic E-state index is 15.5. The molecule has 0 spiro atoms. The molecule has 0 bridgehead atoms. The van der Waals surface area contributed by atoms with Crippen molar-refractivity contribution in [3.05, 3.63) is 74.7 Å². The Bertz CT molecular complexity index is 1030. The van der Waals surface area contributed by atoms with Gasteiger partial charge in [0, 0.05) is 28.7 Å². The van der Waals surface area contributed by atoms with E-state index in [1.165, 1.54) is 8.96 Å². The fraction of sp³-hybridized carbons (Fsp3) is 0.211. The molecule has 0 amide bonds. The molecule has 4 rings (SSSR count). The summed E-state index contributed by atoms with van der Waals surface area (Å²) in [5, 5.41) is 0. The molecule has 0 unspecified atom stereocenters. The number of aromatic nitrogens is 1. The van der Waals surface area contributed by atoms with Crippen LogP contribution in [-0.2, 0) is 0 Å². The zero-order valence-electron chi connectivity index (χ0n) is 14.6. The minimum Gasteiger partial charge on any atom is -0.393 e. The smallest absolute Gasteiger partial charge is 0.393 e. The van der Waals surface area contributed by atoms with Crippen LogP contribution in [0.4, 0.5) is 8.63 Å². The molecule has 0 radical (unpaired) electrons. The van der Waals surface area contributed by atoms with Gasteiger partial charge in [-0.25, -0.2) is 0 Å². The molecule has 0 saturated carbocycles. The SMILES string of the molecule is CC1=CC(C)=[N+]2C1=C(c1cccc(Br)c1)c1c(C)cc(C)n1[B-]2(F)F. The third-order valence-corrected chi connectivity index (χ3v) is 5.54. The van der Waals surface area contributed by atoms with Crippen LogP contribution in [0.3, 0.4) is 0 Å². The molecule has 1 aromatic heterocycles. The summed E-state index contributed by atoms with van der Waals surface area (Å²) in [5.41, 5.74) is 5.96. The van der Waals surface area contributed by atoms with E-state index in [9.17, 15) is 0 Å². The first kappa shape index (κ1) is 16.5. The van der Waals surface area contributed by atoms with Crippen molar-refractivity contribution in [2.24, 2.45) is 0 Å². The minimum atomic E-state index is -3.91. The van der Waals surface area contributed by atoms with Crippen LogP contribution in [0, 0.1) is 13.8 Å². The summed E-state index contributed by atoms with van der Waals surface area (Å²) >= 11 is 3.51. The maximum atomic E-state index is 15.5. The largest absolute Gasteiger partial charge is 0.737 e. The van der Waals surface area contributed by atoms with E-state index in [-0.39, 0.29) is 0 Å². The van der Waals surface area contributed by atoms with Crippen LogP contribution >= 0.6 is 15.9 Å². The first-order chi connectivity index (χ1) is 11.7. The molecule has 128 valence electrons. The van der Waals surface area contributed by atoms with Crippen molar-refractivity contribution in [2.75, 3.05) is 0 Å².